The molecule has 222 valence electrons. The second kappa shape index (κ2) is 12.7. The van der Waals surface area contributed by atoms with Crippen LogP contribution in [0.15, 0.2) is 85.3 Å². The summed E-state index contributed by atoms with van der Waals surface area (Å²) in [5.74, 6) is -0.0228. The SMILES string of the molecule is CC(C)[Si](C(C)C)(C(C)C)n1cc(C2CCN(Cc3ccccc3)C(O)C2)c(-c2ccncc2)c1-c1ccc(F)cc1. The van der Waals surface area contributed by atoms with E-state index >= 15 is 0 Å². The summed E-state index contributed by atoms with van der Waals surface area (Å²) in [6.07, 6.45) is 7.30. The standard InChI is InChI=1S/C36H46FN3OSi/c1-25(2)42(26(3)4,27(5)6)40-24-33(31-18-21-39(34(41)22-31)23-28-10-8-7-9-11-28)35(29-16-19-38-20-17-29)36(40)30-12-14-32(37)15-13-30/h7-17,19-20,24-27,31,34,41H,18,21-23H2,1-6H3. The number of nitrogens with zero attached hydrogens (tertiary/aromatic N) is 3. The normalized spacial score (nSPS) is 18.4. The topological polar surface area (TPSA) is 41.3 Å². The van der Waals surface area contributed by atoms with Gasteiger partial charge in [0.2, 0.25) is 0 Å². The number of halogens is 1. The third-order valence-corrected chi connectivity index (χ3v) is 16.4. The lowest BCUT2D eigenvalue weighted by atomic mass is 9.85. The zero-order valence-corrected chi connectivity index (χ0v) is 27.0. The average molecular weight is 584 g/mol. The van der Waals surface area contributed by atoms with Crippen molar-refractivity contribution in [2.75, 3.05) is 6.54 Å². The zero-order valence-electron chi connectivity index (χ0n) is 26.0. The predicted molar refractivity (Wildman–Crippen MR) is 174 cm³/mol. The molecule has 1 saturated heterocycles. The van der Waals surface area contributed by atoms with Crippen LogP contribution in [0.2, 0.25) is 16.6 Å². The summed E-state index contributed by atoms with van der Waals surface area (Å²) in [5.41, 5.74) is 8.52. The maximum Gasteiger partial charge on any atom is 0.169 e. The van der Waals surface area contributed by atoms with Crippen molar-refractivity contribution in [1.29, 1.82) is 0 Å². The summed E-state index contributed by atoms with van der Waals surface area (Å²) in [7, 11) is -2.20. The fourth-order valence-electron chi connectivity index (χ4n) is 7.96. The van der Waals surface area contributed by atoms with E-state index < -0.39 is 14.5 Å². The molecule has 0 amide bonds. The van der Waals surface area contributed by atoms with Gasteiger partial charge in [0.15, 0.2) is 8.24 Å². The number of aromatic nitrogens is 2. The lowest BCUT2D eigenvalue weighted by molar-refractivity contribution is -0.0360. The zero-order chi connectivity index (χ0) is 30.0. The van der Waals surface area contributed by atoms with Crippen LogP contribution < -0.4 is 0 Å². The van der Waals surface area contributed by atoms with Crippen LogP contribution >= 0.6 is 0 Å². The number of hydrogen-bond acceptors (Lipinski definition) is 3. The largest absolute Gasteiger partial charge is 0.378 e. The van der Waals surface area contributed by atoms with Gasteiger partial charge in [-0.1, -0.05) is 71.9 Å². The molecule has 2 aromatic carbocycles. The number of pyridine rings is 1. The molecule has 0 saturated carbocycles. The third-order valence-electron chi connectivity index (χ3n) is 9.66. The Balaban J connectivity index is 1.70. The van der Waals surface area contributed by atoms with E-state index in [1.807, 2.05) is 30.6 Å². The quantitative estimate of drug-likeness (QED) is 0.200. The molecule has 1 aliphatic heterocycles. The van der Waals surface area contributed by atoms with E-state index in [0.717, 1.165) is 30.6 Å². The van der Waals surface area contributed by atoms with Crippen LogP contribution in [0, 0.1) is 5.82 Å². The molecule has 0 radical (unpaired) electrons. The van der Waals surface area contributed by atoms with Gasteiger partial charge in [-0.05, 0) is 100 Å². The molecule has 6 heteroatoms. The number of benzene rings is 2. The Labute approximate surface area is 252 Å². The first-order chi connectivity index (χ1) is 20.1. The van der Waals surface area contributed by atoms with Crippen molar-refractivity contribution < 1.29 is 9.50 Å². The average Bonchev–Trinajstić information content (AvgIpc) is 3.36. The Morgan fingerprint density at radius 2 is 1.48 bits per heavy atom. The van der Waals surface area contributed by atoms with Crippen LogP contribution in [-0.2, 0) is 6.54 Å². The summed E-state index contributed by atoms with van der Waals surface area (Å²) in [4.78, 5) is 6.53. The van der Waals surface area contributed by atoms with Gasteiger partial charge < -0.3 is 9.34 Å². The highest BCUT2D eigenvalue weighted by molar-refractivity contribution is 6.82. The number of aliphatic hydroxyl groups excluding tert-OH is 1. The van der Waals surface area contributed by atoms with Crippen molar-refractivity contribution in [2.24, 2.45) is 0 Å². The van der Waals surface area contributed by atoms with E-state index in [-0.39, 0.29) is 11.7 Å². The van der Waals surface area contributed by atoms with Gasteiger partial charge in [-0.15, -0.1) is 0 Å². The minimum atomic E-state index is -2.20. The van der Waals surface area contributed by atoms with Crippen LogP contribution in [0.5, 0.6) is 0 Å². The summed E-state index contributed by atoms with van der Waals surface area (Å²) >= 11 is 0. The monoisotopic (exact) mass is 583 g/mol. The molecule has 1 fully saturated rings. The van der Waals surface area contributed by atoms with Gasteiger partial charge in [0.25, 0.3) is 0 Å². The van der Waals surface area contributed by atoms with Crippen molar-refractivity contribution in [3.8, 4) is 22.4 Å². The molecule has 2 atom stereocenters. The van der Waals surface area contributed by atoms with Gasteiger partial charge in [-0.25, -0.2) is 4.39 Å². The smallest absolute Gasteiger partial charge is 0.169 e. The molecule has 2 unspecified atom stereocenters. The van der Waals surface area contributed by atoms with Crippen LogP contribution in [0.25, 0.3) is 22.4 Å². The highest BCUT2D eigenvalue weighted by atomic mass is 28.3. The lowest BCUT2D eigenvalue weighted by Crippen LogP contribution is -2.52. The third kappa shape index (κ3) is 5.64. The lowest BCUT2D eigenvalue weighted by Gasteiger charge is -2.45. The summed E-state index contributed by atoms with van der Waals surface area (Å²) in [5, 5.41) is 11.4. The second-order valence-corrected chi connectivity index (χ2v) is 18.7. The number of piperidine rings is 1. The summed E-state index contributed by atoms with van der Waals surface area (Å²) < 4.78 is 16.9. The molecule has 0 aliphatic carbocycles. The van der Waals surface area contributed by atoms with Crippen LogP contribution in [-0.4, -0.2) is 40.2 Å². The van der Waals surface area contributed by atoms with Crippen molar-refractivity contribution >= 4 is 8.24 Å². The molecule has 4 aromatic rings. The Morgan fingerprint density at radius 1 is 0.857 bits per heavy atom. The second-order valence-electron chi connectivity index (χ2n) is 12.9. The van der Waals surface area contributed by atoms with Crippen molar-refractivity contribution in [3.63, 3.8) is 0 Å². The van der Waals surface area contributed by atoms with Crippen molar-refractivity contribution in [1.82, 2.24) is 14.1 Å². The van der Waals surface area contributed by atoms with E-state index in [1.54, 1.807) is 12.1 Å². The number of rotatable bonds is 9. The molecule has 0 spiro atoms. The summed E-state index contributed by atoms with van der Waals surface area (Å²) in [6, 6.07) is 21.6. The van der Waals surface area contributed by atoms with Gasteiger partial charge in [0, 0.05) is 36.7 Å². The molecule has 42 heavy (non-hydrogen) atoms. The molecular formula is C36H46FN3OSi. The highest BCUT2D eigenvalue weighted by Crippen LogP contribution is 2.50. The van der Waals surface area contributed by atoms with E-state index in [9.17, 15) is 9.50 Å². The van der Waals surface area contributed by atoms with E-state index in [1.165, 1.54) is 22.4 Å². The predicted octanol–water partition coefficient (Wildman–Crippen LogP) is 9.08. The fraction of sp³-hybridized carbons (Fsp3) is 0.417. The first-order valence-corrected chi connectivity index (χ1v) is 17.7. The molecule has 4 nitrogen and oxygen atoms in total. The Bertz CT molecular complexity index is 1430. The number of likely N-dealkylation sites (tertiary alicyclic amines) is 1. The van der Waals surface area contributed by atoms with E-state index in [4.69, 9.17) is 0 Å². The minimum absolute atomic E-state index is 0.203. The van der Waals surface area contributed by atoms with Gasteiger partial charge in [-0.2, -0.15) is 0 Å². The van der Waals surface area contributed by atoms with Gasteiger partial charge in [0.1, 0.15) is 12.0 Å². The Kier molecular flexibility index (Phi) is 9.16. The summed E-state index contributed by atoms with van der Waals surface area (Å²) in [6.45, 7) is 15.9. The molecular weight excluding hydrogens is 538 g/mol. The molecule has 1 N–H and O–H groups in total. The molecule has 0 bridgehead atoms. The van der Waals surface area contributed by atoms with Gasteiger partial charge >= 0.3 is 0 Å². The van der Waals surface area contributed by atoms with Crippen molar-refractivity contribution in [2.45, 2.75) is 89.7 Å². The molecule has 3 heterocycles. The Morgan fingerprint density at radius 3 is 2.05 bits per heavy atom. The number of aliphatic hydroxyl groups is 1. The molecule has 2 aromatic heterocycles. The maximum absolute atomic E-state index is 14.2. The fourth-order valence-corrected chi connectivity index (χ4v) is 14.6. The van der Waals surface area contributed by atoms with Crippen LogP contribution in [0.1, 0.15) is 71.4 Å². The van der Waals surface area contributed by atoms with Gasteiger partial charge in [0.05, 0.1) is 0 Å². The first kappa shape index (κ1) is 30.4. The first-order valence-electron chi connectivity index (χ1n) is 15.5. The highest BCUT2D eigenvalue weighted by Gasteiger charge is 2.47. The van der Waals surface area contributed by atoms with E-state index in [2.05, 4.69) is 98.3 Å². The van der Waals surface area contributed by atoms with E-state index in [0.29, 0.717) is 23.0 Å². The maximum atomic E-state index is 14.2. The van der Waals surface area contributed by atoms with Crippen LogP contribution in [0.4, 0.5) is 4.39 Å². The van der Waals surface area contributed by atoms with Crippen LogP contribution in [0.3, 0.4) is 0 Å². The van der Waals surface area contributed by atoms with Gasteiger partial charge in [-0.3, -0.25) is 9.88 Å². The minimum Gasteiger partial charge on any atom is -0.378 e. The Hall–Kier alpha value is -3.06. The van der Waals surface area contributed by atoms with Crippen molar-refractivity contribution in [3.05, 3.63) is 102 Å². The number of hydrogen-bond donors (Lipinski definition) is 1. The molecule has 5 rings (SSSR count). The molecule has 1 aliphatic rings.